The summed E-state index contributed by atoms with van der Waals surface area (Å²) in [7, 11) is 0. The Hall–Kier alpha value is -2.07. The Bertz CT molecular complexity index is 570. The monoisotopic (exact) mass is 282 g/mol. The fourth-order valence-corrected chi connectivity index (χ4v) is 2.92. The van der Waals surface area contributed by atoms with Crippen LogP contribution in [0.5, 0.6) is 0 Å². The molecule has 1 atom stereocenters. The molecule has 1 aromatic heterocycles. The molecule has 2 aromatic rings. The second-order valence-electron chi connectivity index (χ2n) is 5.67. The molecule has 110 valence electrons. The van der Waals surface area contributed by atoms with Crippen LogP contribution in [0.15, 0.2) is 48.8 Å². The van der Waals surface area contributed by atoms with Gasteiger partial charge in [0.25, 0.3) is 0 Å². The fourth-order valence-electron chi connectivity index (χ4n) is 2.92. The van der Waals surface area contributed by atoms with Gasteiger partial charge in [0.15, 0.2) is 0 Å². The molecule has 1 fully saturated rings. The van der Waals surface area contributed by atoms with Crippen molar-refractivity contribution in [2.75, 3.05) is 24.1 Å². The molecule has 4 nitrogen and oxygen atoms in total. The van der Waals surface area contributed by atoms with E-state index in [4.69, 9.17) is 5.73 Å². The van der Waals surface area contributed by atoms with Crippen LogP contribution in [0.25, 0.3) is 0 Å². The summed E-state index contributed by atoms with van der Waals surface area (Å²) in [5.41, 5.74) is 9.05. The first-order chi connectivity index (χ1) is 10.3. The molecule has 3 rings (SSSR count). The van der Waals surface area contributed by atoms with Crippen LogP contribution < -0.4 is 11.1 Å². The average molecular weight is 282 g/mol. The van der Waals surface area contributed by atoms with Crippen LogP contribution in [0.4, 0.5) is 11.4 Å². The van der Waals surface area contributed by atoms with Gasteiger partial charge in [-0.15, -0.1) is 0 Å². The number of hydrogen-bond acceptors (Lipinski definition) is 4. The lowest BCUT2D eigenvalue weighted by atomic mass is 10.0. The zero-order valence-electron chi connectivity index (χ0n) is 12.2. The van der Waals surface area contributed by atoms with Crippen molar-refractivity contribution in [3.63, 3.8) is 0 Å². The third-order valence-corrected chi connectivity index (χ3v) is 3.97. The Morgan fingerprint density at radius 1 is 1.24 bits per heavy atom. The highest BCUT2D eigenvalue weighted by atomic mass is 15.2. The van der Waals surface area contributed by atoms with Gasteiger partial charge in [-0.3, -0.25) is 9.88 Å². The number of benzene rings is 1. The second kappa shape index (κ2) is 6.59. The van der Waals surface area contributed by atoms with Gasteiger partial charge < -0.3 is 11.1 Å². The van der Waals surface area contributed by atoms with Gasteiger partial charge >= 0.3 is 0 Å². The zero-order chi connectivity index (χ0) is 14.5. The van der Waals surface area contributed by atoms with Crippen molar-refractivity contribution in [3.8, 4) is 0 Å². The first kappa shape index (κ1) is 13.9. The van der Waals surface area contributed by atoms with E-state index < -0.39 is 0 Å². The maximum absolute atomic E-state index is 5.96. The molecule has 0 amide bonds. The summed E-state index contributed by atoms with van der Waals surface area (Å²) in [6.07, 6.45) is 5.89. The van der Waals surface area contributed by atoms with E-state index in [1.165, 1.54) is 24.9 Å². The summed E-state index contributed by atoms with van der Waals surface area (Å²) in [6.45, 7) is 3.24. The van der Waals surface area contributed by atoms with E-state index in [0.717, 1.165) is 24.5 Å². The third-order valence-electron chi connectivity index (χ3n) is 3.97. The van der Waals surface area contributed by atoms with Crippen molar-refractivity contribution in [3.05, 3.63) is 54.4 Å². The molecule has 4 heteroatoms. The van der Waals surface area contributed by atoms with Crippen LogP contribution in [0.2, 0.25) is 0 Å². The molecule has 2 heterocycles. The number of nitrogens with two attached hydrogens (primary N) is 1. The summed E-state index contributed by atoms with van der Waals surface area (Å²) < 4.78 is 0. The molecule has 0 aliphatic carbocycles. The lowest BCUT2D eigenvalue weighted by Gasteiger charge is -2.33. The van der Waals surface area contributed by atoms with Crippen LogP contribution in [-0.4, -0.2) is 29.0 Å². The van der Waals surface area contributed by atoms with Crippen molar-refractivity contribution in [1.82, 2.24) is 9.88 Å². The van der Waals surface area contributed by atoms with Gasteiger partial charge in [-0.25, -0.2) is 0 Å². The first-order valence-electron chi connectivity index (χ1n) is 7.53. The van der Waals surface area contributed by atoms with Crippen LogP contribution in [0.3, 0.4) is 0 Å². The Kier molecular flexibility index (Phi) is 4.36. The standard InChI is InChI=1S/C17H22N4/c18-16-11-19-9-8-17(16)20-15-7-4-10-21(13-15)12-14-5-2-1-3-6-14/h1-3,5-6,8-9,11,15H,4,7,10,12-13,18H2,(H,19,20). The molecule has 0 bridgehead atoms. The molecule has 21 heavy (non-hydrogen) atoms. The molecule has 1 aliphatic heterocycles. The lowest BCUT2D eigenvalue weighted by Crippen LogP contribution is -2.41. The molecule has 1 aromatic carbocycles. The van der Waals surface area contributed by atoms with E-state index in [0.29, 0.717) is 6.04 Å². The number of anilines is 2. The van der Waals surface area contributed by atoms with Crippen molar-refractivity contribution >= 4 is 11.4 Å². The number of hydrogen-bond donors (Lipinski definition) is 2. The van der Waals surface area contributed by atoms with Crippen LogP contribution >= 0.6 is 0 Å². The van der Waals surface area contributed by atoms with E-state index >= 15 is 0 Å². The molecule has 0 radical (unpaired) electrons. The van der Waals surface area contributed by atoms with E-state index in [-0.39, 0.29) is 0 Å². The Labute approximate surface area is 126 Å². The number of likely N-dealkylation sites (tertiary alicyclic amines) is 1. The number of nitrogens with one attached hydrogen (secondary N) is 1. The molecule has 0 saturated carbocycles. The largest absolute Gasteiger partial charge is 0.396 e. The fraction of sp³-hybridized carbons (Fsp3) is 0.353. The predicted molar refractivity (Wildman–Crippen MR) is 87.0 cm³/mol. The van der Waals surface area contributed by atoms with Crippen LogP contribution in [-0.2, 0) is 6.54 Å². The smallest absolute Gasteiger partial charge is 0.0736 e. The summed E-state index contributed by atoms with van der Waals surface area (Å²) in [5.74, 6) is 0. The molecular formula is C17H22N4. The Morgan fingerprint density at radius 3 is 2.90 bits per heavy atom. The minimum absolute atomic E-state index is 0.451. The highest BCUT2D eigenvalue weighted by molar-refractivity contribution is 5.64. The lowest BCUT2D eigenvalue weighted by molar-refractivity contribution is 0.208. The Morgan fingerprint density at radius 2 is 2.10 bits per heavy atom. The SMILES string of the molecule is Nc1cnccc1NC1CCCN(Cc2ccccc2)C1. The van der Waals surface area contributed by atoms with Gasteiger partial charge in [-0.1, -0.05) is 30.3 Å². The summed E-state index contributed by atoms with van der Waals surface area (Å²) in [4.78, 5) is 6.54. The number of nitrogens with zero attached hydrogens (tertiary/aromatic N) is 2. The number of rotatable bonds is 4. The van der Waals surface area contributed by atoms with Crippen molar-refractivity contribution in [2.45, 2.75) is 25.4 Å². The van der Waals surface area contributed by atoms with Gasteiger partial charge in [0.1, 0.15) is 0 Å². The van der Waals surface area contributed by atoms with Gasteiger partial charge in [-0.2, -0.15) is 0 Å². The highest BCUT2D eigenvalue weighted by Gasteiger charge is 2.20. The summed E-state index contributed by atoms with van der Waals surface area (Å²) in [5, 5.41) is 3.56. The van der Waals surface area contributed by atoms with E-state index in [1.807, 2.05) is 6.07 Å². The first-order valence-corrected chi connectivity index (χ1v) is 7.53. The molecular weight excluding hydrogens is 260 g/mol. The minimum Gasteiger partial charge on any atom is -0.396 e. The van der Waals surface area contributed by atoms with Crippen molar-refractivity contribution in [2.24, 2.45) is 0 Å². The van der Waals surface area contributed by atoms with Gasteiger partial charge in [0, 0.05) is 25.3 Å². The zero-order valence-corrected chi connectivity index (χ0v) is 12.2. The Balaban J connectivity index is 1.60. The number of aromatic nitrogens is 1. The number of piperidine rings is 1. The quantitative estimate of drug-likeness (QED) is 0.905. The van der Waals surface area contributed by atoms with Gasteiger partial charge in [0.05, 0.1) is 17.6 Å². The minimum atomic E-state index is 0.451. The molecule has 1 saturated heterocycles. The molecule has 1 aliphatic rings. The van der Waals surface area contributed by atoms with Crippen LogP contribution in [0.1, 0.15) is 18.4 Å². The topological polar surface area (TPSA) is 54.2 Å². The highest BCUT2D eigenvalue weighted by Crippen LogP contribution is 2.21. The van der Waals surface area contributed by atoms with Crippen molar-refractivity contribution < 1.29 is 0 Å². The van der Waals surface area contributed by atoms with E-state index in [2.05, 4.69) is 45.5 Å². The van der Waals surface area contributed by atoms with Gasteiger partial charge in [0.2, 0.25) is 0 Å². The summed E-state index contributed by atoms with van der Waals surface area (Å²) in [6, 6.07) is 13.1. The third kappa shape index (κ3) is 3.73. The molecule has 3 N–H and O–H groups in total. The van der Waals surface area contributed by atoms with Crippen LogP contribution in [0, 0.1) is 0 Å². The maximum atomic E-state index is 5.96. The maximum Gasteiger partial charge on any atom is 0.0736 e. The van der Waals surface area contributed by atoms with Crippen molar-refractivity contribution in [1.29, 1.82) is 0 Å². The van der Waals surface area contributed by atoms with Gasteiger partial charge in [-0.05, 0) is 31.0 Å². The molecule has 0 spiro atoms. The normalized spacial score (nSPS) is 19.3. The predicted octanol–water partition coefficient (Wildman–Crippen LogP) is 2.74. The van der Waals surface area contributed by atoms with E-state index in [1.54, 1.807) is 12.4 Å². The number of nitrogen functional groups attached to an aromatic ring is 1. The summed E-state index contributed by atoms with van der Waals surface area (Å²) >= 11 is 0. The number of pyridine rings is 1. The average Bonchev–Trinajstić information content (AvgIpc) is 2.51. The second-order valence-corrected chi connectivity index (χ2v) is 5.67. The molecule has 1 unspecified atom stereocenters. The van der Waals surface area contributed by atoms with E-state index in [9.17, 15) is 0 Å².